The van der Waals surface area contributed by atoms with Gasteiger partial charge in [0.15, 0.2) is 5.82 Å². The fraction of sp³-hybridized carbons (Fsp3) is 0.400. The van der Waals surface area contributed by atoms with Crippen molar-refractivity contribution in [2.45, 2.75) is 37.3 Å². The number of hydrogen-bond donors (Lipinski definition) is 0. The molecule has 126 valence electrons. The van der Waals surface area contributed by atoms with Gasteiger partial charge in [0, 0.05) is 6.54 Å². The van der Waals surface area contributed by atoms with E-state index in [1.54, 1.807) is 11.8 Å². The minimum atomic E-state index is 0.518. The Kier molecular flexibility index (Phi) is 5.42. The Morgan fingerprint density at radius 1 is 1.17 bits per heavy atom. The van der Waals surface area contributed by atoms with Gasteiger partial charge in [-0.25, -0.2) is 4.68 Å². The zero-order valence-electron chi connectivity index (χ0n) is 13.5. The second kappa shape index (κ2) is 7.91. The minimum absolute atomic E-state index is 0.518. The Hall–Kier alpha value is -2.42. The summed E-state index contributed by atoms with van der Waals surface area (Å²) in [5, 5.41) is 20.3. The van der Waals surface area contributed by atoms with Crippen LogP contribution in [-0.2, 0) is 18.7 Å². The largest absolute Gasteiger partial charge is 0.497 e. The number of rotatable bonds is 8. The number of thioether (sulfide) groups is 1. The van der Waals surface area contributed by atoms with E-state index in [0.717, 1.165) is 30.1 Å². The molecule has 0 unspecified atom stereocenters. The first-order valence-corrected chi connectivity index (χ1v) is 8.60. The lowest BCUT2D eigenvalue weighted by atomic mass is 10.1. The van der Waals surface area contributed by atoms with E-state index < -0.39 is 0 Å². The van der Waals surface area contributed by atoms with Crippen LogP contribution < -0.4 is 4.74 Å². The molecule has 3 aromatic rings. The van der Waals surface area contributed by atoms with Crippen molar-refractivity contribution in [1.29, 1.82) is 0 Å². The molecule has 0 radical (unpaired) electrons. The molecule has 0 saturated heterocycles. The Morgan fingerprint density at radius 3 is 2.75 bits per heavy atom. The van der Waals surface area contributed by atoms with Gasteiger partial charge in [0.25, 0.3) is 5.22 Å². The van der Waals surface area contributed by atoms with Gasteiger partial charge in [-0.2, -0.15) is 0 Å². The van der Waals surface area contributed by atoms with Crippen LogP contribution in [0, 0.1) is 0 Å². The summed E-state index contributed by atoms with van der Waals surface area (Å²) in [4.78, 5) is 0. The van der Waals surface area contributed by atoms with Crippen LogP contribution in [0.3, 0.4) is 0 Å². The Bertz CT molecular complexity index is 770. The number of aromatic nitrogens is 6. The molecular weight excluding hydrogens is 328 g/mol. The lowest BCUT2D eigenvalue weighted by Crippen LogP contribution is -2.04. The van der Waals surface area contributed by atoms with Gasteiger partial charge < -0.3 is 9.15 Å². The zero-order chi connectivity index (χ0) is 16.8. The molecule has 3 rings (SSSR count). The predicted molar refractivity (Wildman–Crippen MR) is 87.8 cm³/mol. The first-order chi connectivity index (χ1) is 11.8. The number of nitrogens with zero attached hydrogens (tertiary/aromatic N) is 6. The van der Waals surface area contributed by atoms with Crippen LogP contribution in [0.5, 0.6) is 5.75 Å². The molecule has 0 bridgehead atoms. The summed E-state index contributed by atoms with van der Waals surface area (Å²) < 4.78 is 12.6. The third-order valence-corrected chi connectivity index (χ3v) is 4.14. The van der Waals surface area contributed by atoms with Gasteiger partial charge in [-0.1, -0.05) is 30.8 Å². The van der Waals surface area contributed by atoms with E-state index in [1.165, 1.54) is 11.8 Å². The quantitative estimate of drug-likeness (QED) is 0.574. The fourth-order valence-corrected chi connectivity index (χ4v) is 2.84. The highest BCUT2D eigenvalue weighted by Crippen LogP contribution is 2.21. The van der Waals surface area contributed by atoms with Gasteiger partial charge in [0.05, 0.1) is 19.3 Å². The van der Waals surface area contributed by atoms with Gasteiger partial charge in [-0.05, 0) is 34.5 Å². The highest BCUT2D eigenvalue weighted by Gasteiger charge is 2.11. The minimum Gasteiger partial charge on any atom is -0.497 e. The topological polar surface area (TPSA) is 91.8 Å². The molecule has 0 aliphatic rings. The number of ether oxygens (including phenoxy) is 1. The number of aryl methyl sites for hydroxylation is 1. The van der Waals surface area contributed by atoms with Crippen LogP contribution in [0.2, 0.25) is 0 Å². The lowest BCUT2D eigenvalue weighted by molar-refractivity contribution is 0.413. The van der Waals surface area contributed by atoms with E-state index in [-0.39, 0.29) is 0 Å². The van der Waals surface area contributed by atoms with E-state index in [9.17, 15) is 0 Å². The molecule has 0 amide bonds. The van der Waals surface area contributed by atoms with Gasteiger partial charge in [-0.15, -0.1) is 15.3 Å². The molecule has 0 aliphatic heterocycles. The van der Waals surface area contributed by atoms with E-state index >= 15 is 0 Å². The first kappa shape index (κ1) is 16.4. The highest BCUT2D eigenvalue weighted by atomic mass is 32.2. The summed E-state index contributed by atoms with van der Waals surface area (Å²) >= 11 is 1.43. The monoisotopic (exact) mass is 346 g/mol. The number of benzene rings is 1. The molecule has 24 heavy (non-hydrogen) atoms. The van der Waals surface area contributed by atoms with Gasteiger partial charge in [0.1, 0.15) is 5.75 Å². The molecule has 9 heteroatoms. The average molecular weight is 346 g/mol. The van der Waals surface area contributed by atoms with Crippen molar-refractivity contribution in [1.82, 2.24) is 30.4 Å². The van der Waals surface area contributed by atoms with Crippen LogP contribution in [-0.4, -0.2) is 37.5 Å². The van der Waals surface area contributed by atoms with Gasteiger partial charge in [-0.3, -0.25) is 0 Å². The maximum atomic E-state index is 5.67. The normalized spacial score (nSPS) is 10.9. The summed E-state index contributed by atoms with van der Waals surface area (Å²) in [5.41, 5.74) is 1.09. The molecule has 0 aliphatic carbocycles. The molecule has 2 aromatic heterocycles. The third kappa shape index (κ3) is 4.10. The summed E-state index contributed by atoms with van der Waals surface area (Å²) in [6.07, 6.45) is 1.57. The van der Waals surface area contributed by atoms with Crippen LogP contribution in [0.25, 0.3) is 0 Å². The van der Waals surface area contributed by atoms with Crippen molar-refractivity contribution < 1.29 is 9.15 Å². The maximum absolute atomic E-state index is 5.67. The third-order valence-electron chi connectivity index (χ3n) is 3.33. The Labute approximate surface area is 143 Å². The summed E-state index contributed by atoms with van der Waals surface area (Å²) in [6, 6.07) is 7.79. The Morgan fingerprint density at radius 2 is 2.00 bits per heavy atom. The maximum Gasteiger partial charge on any atom is 0.277 e. The summed E-state index contributed by atoms with van der Waals surface area (Å²) in [6.45, 7) is 2.89. The van der Waals surface area contributed by atoms with Crippen molar-refractivity contribution in [3.8, 4) is 5.75 Å². The Balaban J connectivity index is 1.57. The van der Waals surface area contributed by atoms with Crippen LogP contribution in [0.15, 0.2) is 33.9 Å². The van der Waals surface area contributed by atoms with Crippen molar-refractivity contribution in [2.24, 2.45) is 0 Å². The number of methoxy groups -OCH3 is 1. The standard InChI is InChI=1S/C15H18N6O2S/c1-3-8-21-13(16-19-20-21)10-24-15-18-17-14(23-15)9-11-4-6-12(22-2)7-5-11/h4-7H,3,8-10H2,1-2H3. The van der Waals surface area contributed by atoms with E-state index in [4.69, 9.17) is 9.15 Å². The van der Waals surface area contributed by atoms with Gasteiger partial charge >= 0.3 is 0 Å². The molecular formula is C15H18N6O2S. The highest BCUT2D eigenvalue weighted by molar-refractivity contribution is 7.98. The van der Waals surface area contributed by atoms with Crippen molar-refractivity contribution in [3.63, 3.8) is 0 Å². The van der Waals surface area contributed by atoms with E-state index in [0.29, 0.717) is 23.3 Å². The molecule has 0 N–H and O–H groups in total. The lowest BCUT2D eigenvalue weighted by Gasteiger charge is -2.01. The molecule has 0 atom stereocenters. The molecule has 0 saturated carbocycles. The van der Waals surface area contributed by atoms with Crippen molar-refractivity contribution >= 4 is 11.8 Å². The van der Waals surface area contributed by atoms with Gasteiger partial charge in [0.2, 0.25) is 5.89 Å². The molecule has 2 heterocycles. The average Bonchev–Trinajstić information content (AvgIpc) is 3.23. The molecule has 8 nitrogen and oxygen atoms in total. The molecule has 1 aromatic carbocycles. The van der Waals surface area contributed by atoms with Crippen LogP contribution in [0.4, 0.5) is 0 Å². The summed E-state index contributed by atoms with van der Waals surface area (Å²) in [5.74, 6) is 2.80. The van der Waals surface area contributed by atoms with E-state index in [1.807, 2.05) is 24.3 Å². The molecule has 0 spiro atoms. The van der Waals surface area contributed by atoms with Crippen LogP contribution >= 0.6 is 11.8 Å². The smallest absolute Gasteiger partial charge is 0.277 e. The second-order valence-corrected chi connectivity index (χ2v) is 6.02. The number of hydrogen-bond acceptors (Lipinski definition) is 8. The molecule has 0 fully saturated rings. The van der Waals surface area contributed by atoms with E-state index in [2.05, 4.69) is 32.6 Å². The first-order valence-electron chi connectivity index (χ1n) is 7.61. The fourth-order valence-electron chi connectivity index (χ4n) is 2.12. The van der Waals surface area contributed by atoms with Crippen molar-refractivity contribution in [2.75, 3.05) is 7.11 Å². The van der Waals surface area contributed by atoms with Crippen molar-refractivity contribution in [3.05, 3.63) is 41.5 Å². The predicted octanol–water partition coefficient (Wildman–Crippen LogP) is 2.36. The summed E-state index contributed by atoms with van der Waals surface area (Å²) in [7, 11) is 1.65. The zero-order valence-corrected chi connectivity index (χ0v) is 14.4. The SMILES string of the molecule is CCCn1nnnc1CSc1nnc(Cc2ccc(OC)cc2)o1. The second-order valence-electron chi connectivity index (χ2n) is 5.09. The number of tetrazole rings is 1. The van der Waals surface area contributed by atoms with Crippen LogP contribution in [0.1, 0.15) is 30.6 Å².